The molecule has 1 atom stereocenters. The lowest BCUT2D eigenvalue weighted by Crippen LogP contribution is -2.17. The van der Waals surface area contributed by atoms with Gasteiger partial charge in [-0.15, -0.1) is 0 Å². The molecule has 0 rings (SSSR count). The highest BCUT2D eigenvalue weighted by atomic mass is 31.2. The highest BCUT2D eigenvalue weighted by molar-refractivity contribution is 7.51. The van der Waals surface area contributed by atoms with Gasteiger partial charge in [0.1, 0.15) is 0 Å². The van der Waals surface area contributed by atoms with Gasteiger partial charge >= 0.3 is 7.60 Å². The molecule has 0 saturated heterocycles. The number of rotatable bonds is 15. The molecule has 0 amide bonds. The van der Waals surface area contributed by atoms with Crippen molar-refractivity contribution >= 4 is 7.60 Å². The third kappa shape index (κ3) is 13.8. The van der Waals surface area contributed by atoms with E-state index in [0.717, 1.165) is 6.42 Å². The minimum Gasteiger partial charge on any atom is -0.324 e. The number of hydrogen-bond donors (Lipinski definition) is 2. The average molecular weight is 334 g/mol. The summed E-state index contributed by atoms with van der Waals surface area (Å²) in [5, 5.41) is 0. The van der Waals surface area contributed by atoms with E-state index in [0.29, 0.717) is 6.42 Å². The quantitative estimate of drug-likeness (QED) is 0.273. The summed E-state index contributed by atoms with van der Waals surface area (Å²) < 4.78 is 11.0. The molecule has 0 heterocycles. The fourth-order valence-corrected chi connectivity index (χ4v) is 3.79. The lowest BCUT2D eigenvalue weighted by molar-refractivity contribution is 0.227. The van der Waals surface area contributed by atoms with Gasteiger partial charge in [0.2, 0.25) is 0 Å². The summed E-state index contributed by atoms with van der Waals surface area (Å²) in [5.74, 6) is 0. The molecule has 22 heavy (non-hydrogen) atoms. The Morgan fingerprint density at radius 2 is 1.14 bits per heavy atom. The normalized spacial score (nSPS) is 15.0. The molecular weight excluding hydrogens is 295 g/mol. The smallest absolute Gasteiger partial charge is 0.324 e. The molecule has 134 valence electrons. The van der Waals surface area contributed by atoms with Crippen LogP contribution in [0, 0.1) is 5.41 Å². The SMILES string of the molecule is CCCCCCCC(C)(CCCCCC)CCCP(=O)(O)O. The van der Waals surface area contributed by atoms with Crippen LogP contribution in [0.3, 0.4) is 0 Å². The van der Waals surface area contributed by atoms with Crippen molar-refractivity contribution in [1.29, 1.82) is 0 Å². The molecule has 0 spiro atoms. The Labute approximate surface area is 138 Å². The van der Waals surface area contributed by atoms with Crippen LogP contribution in [-0.4, -0.2) is 15.9 Å². The summed E-state index contributed by atoms with van der Waals surface area (Å²) in [6.45, 7) is 6.80. The van der Waals surface area contributed by atoms with Crippen LogP contribution in [0.5, 0.6) is 0 Å². The van der Waals surface area contributed by atoms with Crippen molar-refractivity contribution < 1.29 is 14.4 Å². The van der Waals surface area contributed by atoms with Crippen LogP contribution >= 0.6 is 7.60 Å². The van der Waals surface area contributed by atoms with Crippen LogP contribution in [0.25, 0.3) is 0 Å². The Kier molecular flexibility index (Phi) is 12.6. The zero-order valence-electron chi connectivity index (χ0n) is 15.1. The first-order valence-corrected chi connectivity index (χ1v) is 11.2. The molecule has 4 heteroatoms. The van der Waals surface area contributed by atoms with Crippen molar-refractivity contribution in [3.8, 4) is 0 Å². The molecule has 3 nitrogen and oxygen atoms in total. The van der Waals surface area contributed by atoms with Crippen molar-refractivity contribution in [1.82, 2.24) is 0 Å². The molecule has 0 aliphatic carbocycles. The summed E-state index contributed by atoms with van der Waals surface area (Å²) >= 11 is 0. The highest BCUT2D eigenvalue weighted by Crippen LogP contribution is 2.40. The Morgan fingerprint density at radius 3 is 1.59 bits per heavy atom. The van der Waals surface area contributed by atoms with E-state index in [-0.39, 0.29) is 11.6 Å². The van der Waals surface area contributed by atoms with Gasteiger partial charge in [0, 0.05) is 6.16 Å². The van der Waals surface area contributed by atoms with Gasteiger partial charge in [0.15, 0.2) is 0 Å². The standard InChI is InChI=1S/C18H39O3P/c1-4-6-8-10-12-15-18(3,14-11-9-7-5-2)16-13-17-22(19,20)21/h4-17H2,1-3H3,(H2,19,20,21). The van der Waals surface area contributed by atoms with Gasteiger partial charge in [0.05, 0.1) is 0 Å². The summed E-state index contributed by atoms with van der Waals surface area (Å²) in [7, 11) is -3.83. The Morgan fingerprint density at radius 1 is 0.727 bits per heavy atom. The van der Waals surface area contributed by atoms with Gasteiger partial charge in [-0.1, -0.05) is 78.6 Å². The monoisotopic (exact) mass is 334 g/mol. The van der Waals surface area contributed by atoms with Crippen LogP contribution < -0.4 is 0 Å². The van der Waals surface area contributed by atoms with E-state index in [1.165, 1.54) is 70.6 Å². The molecule has 0 aromatic heterocycles. The first kappa shape index (κ1) is 22.1. The summed E-state index contributed by atoms with van der Waals surface area (Å²) in [4.78, 5) is 18.1. The molecule has 0 radical (unpaired) electrons. The van der Waals surface area contributed by atoms with E-state index in [1.54, 1.807) is 0 Å². The molecule has 0 aliphatic rings. The second kappa shape index (κ2) is 12.6. The van der Waals surface area contributed by atoms with Gasteiger partial charge in [0.25, 0.3) is 0 Å². The second-order valence-electron chi connectivity index (χ2n) is 7.28. The van der Waals surface area contributed by atoms with Gasteiger partial charge in [-0.05, 0) is 31.1 Å². The molecule has 1 unspecified atom stereocenters. The van der Waals surface area contributed by atoms with Gasteiger partial charge in [-0.2, -0.15) is 0 Å². The van der Waals surface area contributed by atoms with E-state index in [1.807, 2.05) is 0 Å². The zero-order chi connectivity index (χ0) is 16.9. The van der Waals surface area contributed by atoms with Crippen LogP contribution in [0.1, 0.15) is 104 Å². The summed E-state index contributed by atoms with van der Waals surface area (Å²) in [6.07, 6.45) is 15.7. The van der Waals surface area contributed by atoms with Gasteiger partial charge in [-0.25, -0.2) is 0 Å². The molecule has 0 saturated carbocycles. The van der Waals surface area contributed by atoms with Crippen LogP contribution in [0.2, 0.25) is 0 Å². The maximum atomic E-state index is 11.0. The van der Waals surface area contributed by atoms with E-state index in [9.17, 15) is 4.57 Å². The fourth-order valence-electron chi connectivity index (χ4n) is 3.22. The lowest BCUT2D eigenvalue weighted by atomic mass is 9.76. The van der Waals surface area contributed by atoms with Crippen molar-refractivity contribution in [3.05, 3.63) is 0 Å². The Balaban J connectivity index is 4.18. The van der Waals surface area contributed by atoms with Crippen LogP contribution in [-0.2, 0) is 4.57 Å². The third-order valence-electron chi connectivity index (χ3n) is 4.75. The molecule has 0 aromatic rings. The topological polar surface area (TPSA) is 57.5 Å². The largest absolute Gasteiger partial charge is 0.325 e. The second-order valence-corrected chi connectivity index (χ2v) is 9.05. The molecule has 0 bridgehead atoms. The van der Waals surface area contributed by atoms with Crippen molar-refractivity contribution in [2.24, 2.45) is 5.41 Å². The molecule has 0 aromatic carbocycles. The van der Waals surface area contributed by atoms with E-state index in [4.69, 9.17) is 9.79 Å². The van der Waals surface area contributed by atoms with Crippen molar-refractivity contribution in [2.45, 2.75) is 104 Å². The molecule has 0 fully saturated rings. The van der Waals surface area contributed by atoms with Crippen LogP contribution in [0.15, 0.2) is 0 Å². The Bertz CT molecular complexity index is 301. The van der Waals surface area contributed by atoms with E-state index >= 15 is 0 Å². The molecular formula is C18H39O3P. The van der Waals surface area contributed by atoms with Crippen molar-refractivity contribution in [3.63, 3.8) is 0 Å². The van der Waals surface area contributed by atoms with Crippen molar-refractivity contribution in [2.75, 3.05) is 6.16 Å². The van der Waals surface area contributed by atoms with E-state index < -0.39 is 7.60 Å². The summed E-state index contributed by atoms with van der Waals surface area (Å²) in [5.41, 5.74) is 0.273. The predicted octanol–water partition coefficient (Wildman–Crippen LogP) is 6.28. The predicted molar refractivity (Wildman–Crippen MR) is 96.4 cm³/mol. The van der Waals surface area contributed by atoms with Gasteiger partial charge in [-0.3, -0.25) is 4.57 Å². The van der Waals surface area contributed by atoms with Gasteiger partial charge < -0.3 is 9.79 Å². The maximum Gasteiger partial charge on any atom is 0.325 e. The van der Waals surface area contributed by atoms with E-state index in [2.05, 4.69) is 20.8 Å². The Hall–Kier alpha value is 0.150. The first-order chi connectivity index (χ1) is 10.3. The zero-order valence-corrected chi connectivity index (χ0v) is 16.0. The number of hydrogen-bond acceptors (Lipinski definition) is 1. The van der Waals surface area contributed by atoms with Crippen LogP contribution in [0.4, 0.5) is 0 Å². The minimum absolute atomic E-state index is 0.0490. The third-order valence-corrected chi connectivity index (χ3v) is 5.65. The maximum absolute atomic E-state index is 11.0. The highest BCUT2D eigenvalue weighted by Gasteiger charge is 2.24. The molecule has 2 N–H and O–H groups in total. The fraction of sp³-hybridized carbons (Fsp3) is 1.00. The lowest BCUT2D eigenvalue weighted by Gasteiger charge is -2.30. The summed E-state index contributed by atoms with van der Waals surface area (Å²) in [6, 6.07) is 0. The minimum atomic E-state index is -3.83. The first-order valence-electron chi connectivity index (χ1n) is 9.37. The molecule has 0 aliphatic heterocycles. The number of unbranched alkanes of at least 4 members (excludes halogenated alkanes) is 7. The average Bonchev–Trinajstić information content (AvgIpc) is 2.42.